The molecule has 0 fully saturated rings. The second kappa shape index (κ2) is 11.8. The van der Waals surface area contributed by atoms with Crippen molar-refractivity contribution in [1.82, 2.24) is 14.8 Å². The SMILES string of the molecule is Cc1cc(-n2ncc(C(=O)c3cc4cc(OCC(O)CO)c(NS(C)(=O)=O)cc4[nH]3)c2N)ccc1Oc1ccccc1F. The van der Waals surface area contributed by atoms with Gasteiger partial charge < -0.3 is 30.4 Å². The number of aryl methyl sites for hydroxylation is 1. The molecule has 0 bridgehead atoms. The maximum atomic E-state index is 14.0. The van der Waals surface area contributed by atoms with Crippen LogP contribution in [-0.4, -0.2) is 64.8 Å². The number of halogens is 1. The zero-order valence-electron chi connectivity index (χ0n) is 23.0. The molecule has 1 unspecified atom stereocenters. The molecule has 6 N–H and O–H groups in total. The Morgan fingerprint density at radius 2 is 1.91 bits per heavy atom. The monoisotopic (exact) mass is 609 g/mol. The summed E-state index contributed by atoms with van der Waals surface area (Å²) in [5.41, 5.74) is 8.35. The number of aromatic nitrogens is 3. The summed E-state index contributed by atoms with van der Waals surface area (Å²) in [4.78, 5) is 16.4. The molecule has 0 amide bonds. The Hall–Kier alpha value is -4.92. The molecule has 224 valence electrons. The Kier molecular flexibility index (Phi) is 8.08. The van der Waals surface area contributed by atoms with E-state index in [1.54, 1.807) is 43.3 Å². The lowest BCUT2D eigenvalue weighted by molar-refractivity contribution is 0.0539. The number of nitrogens with one attached hydrogen (secondary N) is 2. The number of anilines is 2. The number of nitrogen functional groups attached to an aromatic ring is 1. The summed E-state index contributed by atoms with van der Waals surface area (Å²) < 4.78 is 52.8. The van der Waals surface area contributed by atoms with E-state index < -0.39 is 34.3 Å². The summed E-state index contributed by atoms with van der Waals surface area (Å²) in [5.74, 6) is -0.265. The number of aromatic amines is 1. The van der Waals surface area contributed by atoms with Gasteiger partial charge in [0.1, 0.15) is 30.0 Å². The van der Waals surface area contributed by atoms with Gasteiger partial charge in [-0.2, -0.15) is 5.10 Å². The number of nitrogens with two attached hydrogens (primary N) is 1. The highest BCUT2D eigenvalue weighted by Crippen LogP contribution is 2.33. The number of aliphatic hydroxyl groups is 2. The number of carbonyl (C=O) groups excluding carboxylic acids is 1. The molecule has 5 aromatic rings. The smallest absolute Gasteiger partial charge is 0.229 e. The predicted octanol–water partition coefficient (Wildman–Crippen LogP) is 3.51. The van der Waals surface area contributed by atoms with Crippen LogP contribution >= 0.6 is 0 Å². The van der Waals surface area contributed by atoms with Crippen LogP contribution < -0.4 is 19.9 Å². The first-order chi connectivity index (χ1) is 20.4. The third-order valence-electron chi connectivity index (χ3n) is 6.41. The maximum Gasteiger partial charge on any atom is 0.229 e. The number of benzene rings is 3. The van der Waals surface area contributed by atoms with Crippen LogP contribution in [0.2, 0.25) is 0 Å². The topological polar surface area (TPSA) is 182 Å². The van der Waals surface area contributed by atoms with E-state index >= 15 is 0 Å². The largest absolute Gasteiger partial charge is 0.489 e. The van der Waals surface area contributed by atoms with Crippen LogP contribution in [0.25, 0.3) is 16.6 Å². The highest BCUT2D eigenvalue weighted by atomic mass is 32.2. The molecule has 0 spiro atoms. The van der Waals surface area contributed by atoms with Gasteiger partial charge in [0.2, 0.25) is 15.8 Å². The Bertz CT molecular complexity index is 1940. The molecule has 0 saturated carbocycles. The fraction of sp³-hybridized carbons (Fsp3) is 0.172. The predicted molar refractivity (Wildman–Crippen MR) is 158 cm³/mol. The van der Waals surface area contributed by atoms with Crippen LogP contribution in [0.5, 0.6) is 17.2 Å². The van der Waals surface area contributed by atoms with E-state index in [9.17, 15) is 22.7 Å². The van der Waals surface area contributed by atoms with Crippen molar-refractivity contribution in [3.8, 4) is 22.9 Å². The molecular formula is C29H28FN5O7S. The van der Waals surface area contributed by atoms with Crippen LogP contribution in [0.4, 0.5) is 15.9 Å². The summed E-state index contributed by atoms with van der Waals surface area (Å²) in [6.45, 7) is 0.952. The number of nitrogens with zero attached hydrogens (tertiary/aromatic N) is 2. The number of hydrogen-bond acceptors (Lipinski definition) is 9. The maximum absolute atomic E-state index is 14.0. The zero-order chi connectivity index (χ0) is 30.9. The lowest BCUT2D eigenvalue weighted by Crippen LogP contribution is -2.22. The summed E-state index contributed by atoms with van der Waals surface area (Å²) >= 11 is 0. The van der Waals surface area contributed by atoms with E-state index in [1.807, 2.05) is 0 Å². The summed E-state index contributed by atoms with van der Waals surface area (Å²) in [6.07, 6.45) is 1.13. The number of ketones is 1. The lowest BCUT2D eigenvalue weighted by atomic mass is 10.1. The third-order valence-corrected chi connectivity index (χ3v) is 7.00. The van der Waals surface area contributed by atoms with Crippen molar-refractivity contribution in [1.29, 1.82) is 0 Å². The van der Waals surface area contributed by atoms with Crippen molar-refractivity contribution in [2.75, 3.05) is 29.9 Å². The van der Waals surface area contributed by atoms with Crippen molar-refractivity contribution in [2.45, 2.75) is 13.0 Å². The molecule has 2 aromatic heterocycles. The number of para-hydroxylation sites is 1. The standard InChI is InChI=1S/C29H28FN5O7S/c1-16-9-18(7-8-25(16)42-26-6-4-3-5-21(26)30)35-29(31)20(13-32-35)28(38)24-10-17-11-27(41-15-19(37)14-36)23(12-22(17)33-24)34-43(2,39)40/h3-13,19,33-34,36-37H,14-15,31H2,1-2H3. The van der Waals surface area contributed by atoms with Crippen LogP contribution in [0.15, 0.2) is 66.9 Å². The first kappa shape index (κ1) is 29.6. The van der Waals surface area contributed by atoms with Crippen molar-refractivity contribution >= 4 is 38.2 Å². The molecule has 0 aliphatic rings. The zero-order valence-corrected chi connectivity index (χ0v) is 23.9. The van der Waals surface area contributed by atoms with E-state index in [4.69, 9.17) is 20.3 Å². The van der Waals surface area contributed by atoms with Crippen molar-refractivity contribution in [3.63, 3.8) is 0 Å². The molecule has 0 aliphatic carbocycles. The molecule has 5 rings (SSSR count). The Morgan fingerprint density at radius 3 is 2.60 bits per heavy atom. The molecule has 1 atom stereocenters. The Morgan fingerprint density at radius 1 is 1.14 bits per heavy atom. The van der Waals surface area contributed by atoms with E-state index in [1.165, 1.54) is 35.1 Å². The highest BCUT2D eigenvalue weighted by Gasteiger charge is 2.21. The number of sulfonamides is 1. The van der Waals surface area contributed by atoms with Gasteiger partial charge in [0.05, 0.1) is 41.7 Å². The van der Waals surface area contributed by atoms with Crippen LogP contribution in [0, 0.1) is 12.7 Å². The fourth-order valence-corrected chi connectivity index (χ4v) is 4.89. The molecule has 0 saturated heterocycles. The van der Waals surface area contributed by atoms with Crippen LogP contribution in [0.1, 0.15) is 21.6 Å². The molecule has 0 aliphatic heterocycles. The summed E-state index contributed by atoms with van der Waals surface area (Å²) in [5, 5.41) is 23.5. The van der Waals surface area contributed by atoms with Gasteiger partial charge in [-0.3, -0.25) is 9.52 Å². The van der Waals surface area contributed by atoms with Gasteiger partial charge in [0.25, 0.3) is 0 Å². The quantitative estimate of drug-likeness (QED) is 0.140. The first-order valence-corrected chi connectivity index (χ1v) is 14.8. The van der Waals surface area contributed by atoms with Gasteiger partial charge in [-0.15, -0.1) is 0 Å². The molecule has 3 aromatic carbocycles. The van der Waals surface area contributed by atoms with Gasteiger partial charge in [0, 0.05) is 10.9 Å². The minimum atomic E-state index is -3.69. The Labute approximate surface area is 245 Å². The number of ether oxygens (including phenoxy) is 2. The van der Waals surface area contributed by atoms with Gasteiger partial charge in [-0.1, -0.05) is 12.1 Å². The lowest BCUT2D eigenvalue weighted by Gasteiger charge is -2.14. The normalized spacial score (nSPS) is 12.3. The fourth-order valence-electron chi connectivity index (χ4n) is 4.33. The Balaban J connectivity index is 1.42. The van der Waals surface area contributed by atoms with Crippen molar-refractivity contribution in [3.05, 3.63) is 89.5 Å². The minimum absolute atomic E-state index is 0.0751. The number of hydrogen-bond donors (Lipinski definition) is 5. The van der Waals surface area contributed by atoms with Crippen molar-refractivity contribution < 1.29 is 37.3 Å². The van der Waals surface area contributed by atoms with Gasteiger partial charge >= 0.3 is 0 Å². The van der Waals surface area contributed by atoms with Crippen LogP contribution in [0.3, 0.4) is 0 Å². The summed E-state index contributed by atoms with van der Waals surface area (Å²) in [7, 11) is -3.69. The number of carbonyl (C=O) groups is 1. The van der Waals surface area contributed by atoms with Gasteiger partial charge in [0.15, 0.2) is 11.6 Å². The highest BCUT2D eigenvalue weighted by molar-refractivity contribution is 7.92. The van der Waals surface area contributed by atoms with E-state index in [0.717, 1.165) is 6.26 Å². The van der Waals surface area contributed by atoms with E-state index in [0.29, 0.717) is 27.9 Å². The minimum Gasteiger partial charge on any atom is -0.489 e. The number of aliphatic hydroxyl groups excluding tert-OH is 2. The number of fused-ring (bicyclic) bond motifs is 1. The van der Waals surface area contributed by atoms with Gasteiger partial charge in [-0.05, 0) is 61.0 Å². The van der Waals surface area contributed by atoms with Crippen molar-refractivity contribution in [2.24, 2.45) is 0 Å². The van der Waals surface area contributed by atoms with Gasteiger partial charge in [-0.25, -0.2) is 17.5 Å². The molecule has 12 nitrogen and oxygen atoms in total. The number of rotatable bonds is 11. The van der Waals surface area contributed by atoms with E-state index in [-0.39, 0.29) is 40.9 Å². The molecule has 43 heavy (non-hydrogen) atoms. The molecule has 0 radical (unpaired) electrons. The third kappa shape index (κ3) is 6.45. The summed E-state index contributed by atoms with van der Waals surface area (Å²) in [6, 6.07) is 15.6. The molecule has 14 heteroatoms. The van der Waals surface area contributed by atoms with E-state index in [2.05, 4.69) is 14.8 Å². The average molecular weight is 610 g/mol. The number of H-pyrrole nitrogens is 1. The first-order valence-electron chi connectivity index (χ1n) is 12.9. The second-order valence-electron chi connectivity index (χ2n) is 9.81. The molecular weight excluding hydrogens is 581 g/mol. The molecule has 2 heterocycles. The average Bonchev–Trinajstić information content (AvgIpc) is 3.55. The second-order valence-corrected chi connectivity index (χ2v) is 11.6. The van der Waals surface area contributed by atoms with Crippen LogP contribution in [-0.2, 0) is 10.0 Å².